The van der Waals surface area contributed by atoms with E-state index in [-0.39, 0.29) is 12.4 Å². The fraction of sp³-hybridized carbons (Fsp3) is 1.00. The Labute approximate surface area is 74.9 Å². The summed E-state index contributed by atoms with van der Waals surface area (Å²) in [6.07, 6.45) is 3.59. The van der Waals surface area contributed by atoms with Gasteiger partial charge in [-0.05, 0) is 31.2 Å². The van der Waals surface area contributed by atoms with Gasteiger partial charge < -0.3 is 10.5 Å². The summed E-state index contributed by atoms with van der Waals surface area (Å²) in [5.41, 5.74) is 5.87. The lowest BCUT2D eigenvalue weighted by Crippen LogP contribution is -2.30. The van der Waals surface area contributed by atoms with Gasteiger partial charge in [-0.1, -0.05) is 6.92 Å². The fourth-order valence-corrected chi connectivity index (χ4v) is 1.54. The Morgan fingerprint density at radius 3 is 2.73 bits per heavy atom. The third-order valence-corrected chi connectivity index (χ3v) is 2.27. The summed E-state index contributed by atoms with van der Waals surface area (Å²) in [5, 5.41) is 0. The van der Waals surface area contributed by atoms with Crippen molar-refractivity contribution in [3.05, 3.63) is 0 Å². The average molecular weight is 180 g/mol. The highest BCUT2D eigenvalue weighted by atomic mass is 35.5. The van der Waals surface area contributed by atoms with Gasteiger partial charge in [0, 0.05) is 6.61 Å². The maximum atomic E-state index is 5.49. The molecule has 1 atom stereocenters. The third kappa shape index (κ3) is 3.41. The van der Waals surface area contributed by atoms with Crippen LogP contribution in [0.4, 0.5) is 0 Å². The maximum absolute atomic E-state index is 5.49. The molecule has 68 valence electrons. The van der Waals surface area contributed by atoms with E-state index in [1.54, 1.807) is 0 Å². The van der Waals surface area contributed by atoms with Crippen LogP contribution >= 0.6 is 12.4 Å². The van der Waals surface area contributed by atoms with Crippen LogP contribution in [0.3, 0.4) is 0 Å². The van der Waals surface area contributed by atoms with Gasteiger partial charge >= 0.3 is 0 Å². The number of rotatable bonds is 2. The molecule has 0 aliphatic carbocycles. The zero-order chi connectivity index (χ0) is 7.45. The minimum Gasteiger partial charge on any atom is -0.381 e. The van der Waals surface area contributed by atoms with Crippen molar-refractivity contribution in [2.45, 2.75) is 26.2 Å². The molecular formula is C8H18ClNO. The number of hydrogen-bond acceptors (Lipinski definition) is 2. The Morgan fingerprint density at radius 2 is 2.27 bits per heavy atom. The van der Waals surface area contributed by atoms with Gasteiger partial charge in [-0.25, -0.2) is 0 Å². The molecule has 0 radical (unpaired) electrons. The first kappa shape index (κ1) is 11.2. The molecule has 1 saturated heterocycles. The molecular weight excluding hydrogens is 162 g/mol. The van der Waals surface area contributed by atoms with E-state index in [4.69, 9.17) is 10.5 Å². The number of halogens is 1. The van der Waals surface area contributed by atoms with Gasteiger partial charge in [0.05, 0.1) is 6.61 Å². The monoisotopic (exact) mass is 179 g/mol. The Bertz CT molecular complexity index is 96.8. The third-order valence-electron chi connectivity index (χ3n) is 2.27. The number of nitrogens with two attached hydrogens (primary N) is 1. The van der Waals surface area contributed by atoms with Crippen LogP contribution in [0, 0.1) is 5.41 Å². The summed E-state index contributed by atoms with van der Waals surface area (Å²) in [7, 11) is 0. The predicted octanol–water partition coefficient (Wildman–Crippen LogP) is 1.57. The lowest BCUT2D eigenvalue weighted by molar-refractivity contribution is -0.000606. The molecule has 0 aromatic heterocycles. The molecule has 0 aromatic carbocycles. The zero-order valence-electron chi connectivity index (χ0n) is 7.14. The Morgan fingerprint density at radius 1 is 1.55 bits per heavy atom. The molecule has 1 aliphatic rings. The van der Waals surface area contributed by atoms with Crippen molar-refractivity contribution in [1.82, 2.24) is 0 Å². The highest BCUT2D eigenvalue weighted by Crippen LogP contribution is 2.30. The summed E-state index contributed by atoms with van der Waals surface area (Å²) < 4.78 is 5.38. The van der Waals surface area contributed by atoms with Crippen LogP contribution in [-0.4, -0.2) is 19.8 Å². The first-order chi connectivity index (χ1) is 4.77. The van der Waals surface area contributed by atoms with Crippen LogP contribution in [0.25, 0.3) is 0 Å². The summed E-state index contributed by atoms with van der Waals surface area (Å²) in [6, 6.07) is 0. The summed E-state index contributed by atoms with van der Waals surface area (Å²) in [6.45, 7) is 4.91. The van der Waals surface area contributed by atoms with Gasteiger partial charge in [0.25, 0.3) is 0 Å². The molecule has 0 saturated carbocycles. The van der Waals surface area contributed by atoms with Crippen LogP contribution < -0.4 is 5.73 Å². The quantitative estimate of drug-likeness (QED) is 0.699. The average Bonchev–Trinajstić information content (AvgIpc) is 1.89. The van der Waals surface area contributed by atoms with E-state index in [0.717, 1.165) is 26.2 Å². The second-order valence-corrected chi connectivity index (χ2v) is 3.51. The zero-order valence-corrected chi connectivity index (χ0v) is 7.95. The molecule has 2 N–H and O–H groups in total. The van der Waals surface area contributed by atoms with Crippen molar-refractivity contribution < 1.29 is 4.74 Å². The molecule has 11 heavy (non-hydrogen) atoms. The van der Waals surface area contributed by atoms with Crippen LogP contribution in [0.5, 0.6) is 0 Å². The van der Waals surface area contributed by atoms with Gasteiger partial charge in [0.15, 0.2) is 0 Å². The van der Waals surface area contributed by atoms with Gasteiger partial charge in [-0.15, -0.1) is 12.4 Å². The van der Waals surface area contributed by atoms with Crippen molar-refractivity contribution in [1.29, 1.82) is 0 Å². The van der Waals surface area contributed by atoms with Crippen molar-refractivity contribution in [3.63, 3.8) is 0 Å². The first-order valence-electron chi connectivity index (χ1n) is 4.05. The molecule has 1 unspecified atom stereocenters. The van der Waals surface area contributed by atoms with E-state index in [0.29, 0.717) is 5.41 Å². The van der Waals surface area contributed by atoms with E-state index in [1.165, 1.54) is 12.8 Å². The normalized spacial score (nSPS) is 31.1. The lowest BCUT2D eigenvalue weighted by Gasteiger charge is -2.32. The smallest absolute Gasteiger partial charge is 0.0520 e. The molecule has 1 rings (SSSR count). The Kier molecular flexibility index (Phi) is 5.06. The topological polar surface area (TPSA) is 35.2 Å². The SMILES string of the molecule is CC1(CCN)CCCOC1.Cl. The second-order valence-electron chi connectivity index (χ2n) is 3.51. The summed E-state index contributed by atoms with van der Waals surface area (Å²) in [5.74, 6) is 0. The van der Waals surface area contributed by atoms with Gasteiger partial charge in [-0.3, -0.25) is 0 Å². The molecule has 0 amide bonds. The summed E-state index contributed by atoms with van der Waals surface area (Å²) >= 11 is 0. The van der Waals surface area contributed by atoms with E-state index < -0.39 is 0 Å². The van der Waals surface area contributed by atoms with E-state index >= 15 is 0 Å². The van der Waals surface area contributed by atoms with Crippen LogP contribution in [0.1, 0.15) is 26.2 Å². The molecule has 0 bridgehead atoms. The highest BCUT2D eigenvalue weighted by Gasteiger charge is 2.26. The molecule has 3 heteroatoms. The molecule has 1 aliphatic heterocycles. The summed E-state index contributed by atoms with van der Waals surface area (Å²) in [4.78, 5) is 0. The Hall–Kier alpha value is 0.210. The lowest BCUT2D eigenvalue weighted by atomic mass is 9.82. The molecule has 1 fully saturated rings. The number of hydrogen-bond donors (Lipinski definition) is 1. The van der Waals surface area contributed by atoms with Gasteiger partial charge in [0.2, 0.25) is 0 Å². The van der Waals surface area contributed by atoms with Crippen molar-refractivity contribution >= 4 is 12.4 Å². The minimum absolute atomic E-state index is 0. The van der Waals surface area contributed by atoms with Crippen LogP contribution in [-0.2, 0) is 4.74 Å². The standard InChI is InChI=1S/C8H17NO.ClH/c1-8(4-5-9)3-2-6-10-7-8;/h2-7,9H2,1H3;1H. The maximum Gasteiger partial charge on any atom is 0.0520 e. The predicted molar refractivity (Wildman–Crippen MR) is 49.1 cm³/mol. The van der Waals surface area contributed by atoms with Gasteiger partial charge in [0.1, 0.15) is 0 Å². The van der Waals surface area contributed by atoms with E-state index in [1.807, 2.05) is 0 Å². The Balaban J connectivity index is 0.000001000. The second kappa shape index (κ2) is 4.96. The highest BCUT2D eigenvalue weighted by molar-refractivity contribution is 5.85. The van der Waals surface area contributed by atoms with E-state index in [2.05, 4.69) is 6.92 Å². The minimum atomic E-state index is 0. The molecule has 1 heterocycles. The largest absolute Gasteiger partial charge is 0.381 e. The van der Waals surface area contributed by atoms with E-state index in [9.17, 15) is 0 Å². The molecule has 0 spiro atoms. The van der Waals surface area contributed by atoms with Crippen LogP contribution in [0.2, 0.25) is 0 Å². The van der Waals surface area contributed by atoms with Crippen molar-refractivity contribution in [3.8, 4) is 0 Å². The number of ether oxygens (including phenoxy) is 1. The van der Waals surface area contributed by atoms with Gasteiger partial charge in [-0.2, -0.15) is 0 Å². The van der Waals surface area contributed by atoms with Crippen molar-refractivity contribution in [2.75, 3.05) is 19.8 Å². The first-order valence-corrected chi connectivity index (χ1v) is 4.05. The molecule has 0 aromatic rings. The van der Waals surface area contributed by atoms with Crippen LogP contribution in [0.15, 0.2) is 0 Å². The fourth-order valence-electron chi connectivity index (χ4n) is 1.54. The van der Waals surface area contributed by atoms with Crippen molar-refractivity contribution in [2.24, 2.45) is 11.1 Å². The molecule has 2 nitrogen and oxygen atoms in total.